The number of pyridine rings is 1. The van der Waals surface area contributed by atoms with Gasteiger partial charge >= 0.3 is 0 Å². The van der Waals surface area contributed by atoms with Gasteiger partial charge in [0, 0.05) is 17.6 Å². The fraction of sp³-hybridized carbons (Fsp3) is 0.312. The lowest BCUT2D eigenvalue weighted by molar-refractivity contribution is -0.136. The number of anilines is 1. The molecule has 1 fully saturated rings. The standard InChI is InChI=1S/C16H16ClN3O2S/c17-15-12(5-1-7-18-15)19-16(22)13-6-2-8-20(13)14(21)10-11-4-3-9-23-11/h1,3-5,7,9,13H,2,6,8,10H2,(H,19,22). The molecule has 0 spiro atoms. The zero-order valence-corrected chi connectivity index (χ0v) is 13.9. The van der Waals surface area contributed by atoms with E-state index in [1.807, 2.05) is 17.5 Å². The van der Waals surface area contributed by atoms with E-state index in [0.717, 1.165) is 11.3 Å². The molecular weight excluding hydrogens is 334 g/mol. The van der Waals surface area contributed by atoms with Crippen molar-refractivity contribution >= 4 is 40.4 Å². The van der Waals surface area contributed by atoms with Gasteiger partial charge in [-0.1, -0.05) is 17.7 Å². The highest BCUT2D eigenvalue weighted by Gasteiger charge is 2.34. The summed E-state index contributed by atoms with van der Waals surface area (Å²) in [6.07, 6.45) is 3.40. The Morgan fingerprint density at radius 1 is 1.39 bits per heavy atom. The minimum atomic E-state index is -0.446. The Balaban J connectivity index is 1.67. The van der Waals surface area contributed by atoms with Gasteiger partial charge in [0.15, 0.2) is 5.15 Å². The van der Waals surface area contributed by atoms with Gasteiger partial charge in [-0.2, -0.15) is 0 Å². The van der Waals surface area contributed by atoms with E-state index in [4.69, 9.17) is 11.6 Å². The van der Waals surface area contributed by atoms with Crippen LogP contribution in [0.4, 0.5) is 5.69 Å². The number of thiophene rings is 1. The summed E-state index contributed by atoms with van der Waals surface area (Å²) in [6, 6.07) is 6.81. The second kappa shape index (κ2) is 7.10. The minimum Gasteiger partial charge on any atom is -0.330 e. The number of nitrogens with zero attached hydrogens (tertiary/aromatic N) is 2. The number of hydrogen-bond acceptors (Lipinski definition) is 4. The highest BCUT2D eigenvalue weighted by Crippen LogP contribution is 2.23. The fourth-order valence-corrected chi connectivity index (χ4v) is 3.56. The minimum absolute atomic E-state index is 0.0117. The maximum atomic E-state index is 12.5. The van der Waals surface area contributed by atoms with Crippen LogP contribution in [0.1, 0.15) is 17.7 Å². The zero-order valence-electron chi connectivity index (χ0n) is 12.4. The lowest BCUT2D eigenvalue weighted by Gasteiger charge is -2.24. The first-order valence-electron chi connectivity index (χ1n) is 7.38. The molecule has 1 atom stereocenters. The monoisotopic (exact) mass is 349 g/mol. The van der Waals surface area contributed by atoms with Crippen LogP contribution in [0.25, 0.3) is 0 Å². The van der Waals surface area contributed by atoms with Gasteiger partial charge in [0.1, 0.15) is 6.04 Å². The van der Waals surface area contributed by atoms with Crippen LogP contribution in [0.5, 0.6) is 0 Å². The van der Waals surface area contributed by atoms with Crippen LogP contribution in [-0.4, -0.2) is 34.3 Å². The molecule has 120 valence electrons. The molecule has 2 aromatic rings. The summed E-state index contributed by atoms with van der Waals surface area (Å²) < 4.78 is 0. The van der Waals surface area contributed by atoms with Crippen LogP contribution in [0, 0.1) is 0 Å². The van der Waals surface area contributed by atoms with Crippen molar-refractivity contribution < 1.29 is 9.59 Å². The van der Waals surface area contributed by atoms with E-state index < -0.39 is 6.04 Å². The van der Waals surface area contributed by atoms with Crippen molar-refractivity contribution in [3.05, 3.63) is 45.9 Å². The summed E-state index contributed by atoms with van der Waals surface area (Å²) >= 11 is 7.51. The number of carbonyl (C=O) groups excluding carboxylic acids is 2. The van der Waals surface area contributed by atoms with Gasteiger partial charge in [-0.3, -0.25) is 9.59 Å². The second-order valence-electron chi connectivity index (χ2n) is 5.33. The van der Waals surface area contributed by atoms with E-state index in [9.17, 15) is 9.59 Å². The predicted molar refractivity (Wildman–Crippen MR) is 90.6 cm³/mol. The second-order valence-corrected chi connectivity index (χ2v) is 6.72. The molecule has 1 N–H and O–H groups in total. The molecular formula is C16H16ClN3O2S. The molecule has 3 heterocycles. The molecule has 5 nitrogen and oxygen atoms in total. The molecule has 0 saturated carbocycles. The highest BCUT2D eigenvalue weighted by molar-refractivity contribution is 7.10. The highest BCUT2D eigenvalue weighted by atomic mass is 35.5. The Morgan fingerprint density at radius 2 is 2.26 bits per heavy atom. The van der Waals surface area contributed by atoms with E-state index in [1.54, 1.807) is 34.6 Å². The van der Waals surface area contributed by atoms with Crippen molar-refractivity contribution in [2.45, 2.75) is 25.3 Å². The number of likely N-dealkylation sites (tertiary alicyclic amines) is 1. The van der Waals surface area contributed by atoms with Crippen LogP contribution < -0.4 is 5.32 Å². The maximum Gasteiger partial charge on any atom is 0.247 e. The normalized spacial score (nSPS) is 17.3. The van der Waals surface area contributed by atoms with Gasteiger partial charge in [-0.25, -0.2) is 4.98 Å². The van der Waals surface area contributed by atoms with E-state index >= 15 is 0 Å². The Bertz CT molecular complexity index is 705. The third-order valence-corrected chi connectivity index (χ3v) is 4.98. The van der Waals surface area contributed by atoms with Crippen molar-refractivity contribution in [3.8, 4) is 0 Å². The van der Waals surface area contributed by atoms with Gasteiger partial charge in [-0.05, 0) is 36.4 Å². The molecule has 1 unspecified atom stereocenters. The van der Waals surface area contributed by atoms with Gasteiger partial charge in [0.25, 0.3) is 0 Å². The van der Waals surface area contributed by atoms with Gasteiger partial charge in [0.2, 0.25) is 11.8 Å². The summed E-state index contributed by atoms with van der Waals surface area (Å²) in [5.74, 6) is -0.223. The summed E-state index contributed by atoms with van der Waals surface area (Å²) in [5, 5.41) is 4.96. The van der Waals surface area contributed by atoms with Crippen molar-refractivity contribution in [2.75, 3.05) is 11.9 Å². The maximum absolute atomic E-state index is 12.5. The quantitative estimate of drug-likeness (QED) is 0.863. The number of rotatable bonds is 4. The first kappa shape index (κ1) is 16.0. The van der Waals surface area contributed by atoms with Crippen LogP contribution in [0.2, 0.25) is 5.15 Å². The van der Waals surface area contributed by atoms with E-state index in [0.29, 0.717) is 25.1 Å². The lowest BCUT2D eigenvalue weighted by atomic mass is 10.2. The number of halogens is 1. The van der Waals surface area contributed by atoms with E-state index in [-0.39, 0.29) is 17.0 Å². The Morgan fingerprint density at radius 3 is 3.00 bits per heavy atom. The van der Waals surface area contributed by atoms with E-state index in [2.05, 4.69) is 10.3 Å². The van der Waals surface area contributed by atoms with Crippen molar-refractivity contribution in [1.29, 1.82) is 0 Å². The van der Waals surface area contributed by atoms with Gasteiger partial charge in [0.05, 0.1) is 12.1 Å². The fourth-order valence-electron chi connectivity index (χ4n) is 2.70. The van der Waals surface area contributed by atoms with Crippen molar-refractivity contribution in [2.24, 2.45) is 0 Å². The lowest BCUT2D eigenvalue weighted by Crippen LogP contribution is -2.43. The average molecular weight is 350 g/mol. The zero-order chi connectivity index (χ0) is 16.2. The first-order valence-corrected chi connectivity index (χ1v) is 8.64. The number of carbonyl (C=O) groups is 2. The molecule has 1 aliphatic rings. The molecule has 3 rings (SSSR count). The molecule has 1 aliphatic heterocycles. The number of amides is 2. The summed E-state index contributed by atoms with van der Waals surface area (Å²) in [4.78, 5) is 31.6. The van der Waals surface area contributed by atoms with Crippen LogP contribution in [-0.2, 0) is 16.0 Å². The van der Waals surface area contributed by atoms with Crippen molar-refractivity contribution in [1.82, 2.24) is 9.88 Å². The molecule has 0 bridgehead atoms. The number of nitrogens with one attached hydrogen (secondary N) is 1. The molecule has 0 aliphatic carbocycles. The molecule has 2 aromatic heterocycles. The topological polar surface area (TPSA) is 62.3 Å². The van der Waals surface area contributed by atoms with Gasteiger partial charge < -0.3 is 10.2 Å². The molecule has 23 heavy (non-hydrogen) atoms. The smallest absolute Gasteiger partial charge is 0.247 e. The van der Waals surface area contributed by atoms with Crippen LogP contribution >= 0.6 is 22.9 Å². The Labute approximate surface area is 143 Å². The molecule has 2 amide bonds. The van der Waals surface area contributed by atoms with E-state index in [1.165, 1.54) is 0 Å². The SMILES string of the molecule is O=C(Nc1cccnc1Cl)C1CCCN1C(=O)Cc1cccs1. The Hall–Kier alpha value is -1.92. The average Bonchev–Trinajstić information content (AvgIpc) is 3.20. The number of aromatic nitrogens is 1. The summed E-state index contributed by atoms with van der Waals surface area (Å²) in [6.45, 7) is 0.614. The molecule has 7 heteroatoms. The van der Waals surface area contributed by atoms with Crippen LogP contribution in [0.15, 0.2) is 35.8 Å². The van der Waals surface area contributed by atoms with Crippen LogP contribution in [0.3, 0.4) is 0 Å². The Kier molecular flexibility index (Phi) is 4.93. The molecule has 0 aromatic carbocycles. The number of hydrogen-bond donors (Lipinski definition) is 1. The summed E-state index contributed by atoms with van der Waals surface area (Å²) in [5.41, 5.74) is 0.469. The third kappa shape index (κ3) is 3.71. The first-order chi connectivity index (χ1) is 11.1. The molecule has 0 radical (unpaired) electrons. The predicted octanol–water partition coefficient (Wildman–Crippen LogP) is 2.97. The summed E-state index contributed by atoms with van der Waals surface area (Å²) in [7, 11) is 0. The third-order valence-electron chi connectivity index (χ3n) is 3.80. The van der Waals surface area contributed by atoms with Crippen molar-refractivity contribution in [3.63, 3.8) is 0 Å². The van der Waals surface area contributed by atoms with Gasteiger partial charge in [-0.15, -0.1) is 11.3 Å². The largest absolute Gasteiger partial charge is 0.330 e. The molecule has 1 saturated heterocycles.